The van der Waals surface area contributed by atoms with Crippen molar-refractivity contribution in [2.45, 2.75) is 46.0 Å². The maximum absolute atomic E-state index is 2.41. The van der Waals surface area contributed by atoms with Gasteiger partial charge in [-0.15, -0.1) is 0 Å². The van der Waals surface area contributed by atoms with Gasteiger partial charge in [0.15, 0.2) is 0 Å². The van der Waals surface area contributed by atoms with Crippen LogP contribution in [0.1, 0.15) is 46.0 Å². The van der Waals surface area contributed by atoms with Crippen molar-refractivity contribution in [1.82, 2.24) is 0 Å². The summed E-state index contributed by atoms with van der Waals surface area (Å²) in [6, 6.07) is 0. The van der Waals surface area contributed by atoms with Gasteiger partial charge >= 0.3 is 0 Å². The van der Waals surface area contributed by atoms with Crippen molar-refractivity contribution >= 4 is 0 Å². The summed E-state index contributed by atoms with van der Waals surface area (Å²) in [7, 11) is 0. The van der Waals surface area contributed by atoms with Gasteiger partial charge in [-0.05, 0) is 49.4 Å². The van der Waals surface area contributed by atoms with Gasteiger partial charge in [-0.1, -0.05) is 20.3 Å². The van der Waals surface area contributed by atoms with E-state index in [2.05, 4.69) is 13.8 Å². The van der Waals surface area contributed by atoms with E-state index in [1.807, 2.05) is 0 Å². The van der Waals surface area contributed by atoms with Crippen molar-refractivity contribution in [3.63, 3.8) is 0 Å². The van der Waals surface area contributed by atoms with E-state index >= 15 is 0 Å². The predicted octanol–water partition coefficient (Wildman–Crippen LogP) is 3.47. The van der Waals surface area contributed by atoms with E-state index in [0.717, 1.165) is 11.8 Å². The minimum Gasteiger partial charge on any atom is -0.0651 e. The average molecular weight is 152 g/mol. The largest absolute Gasteiger partial charge is 0.0651 e. The molecule has 2 aliphatic rings. The van der Waals surface area contributed by atoms with Crippen LogP contribution in [0.5, 0.6) is 0 Å². The molecule has 0 amide bonds. The molecule has 0 aromatic carbocycles. The molecule has 2 fully saturated rings. The van der Waals surface area contributed by atoms with Crippen LogP contribution in [0.4, 0.5) is 0 Å². The van der Waals surface area contributed by atoms with Crippen LogP contribution < -0.4 is 0 Å². The van der Waals surface area contributed by atoms with E-state index in [9.17, 15) is 0 Å². The lowest BCUT2D eigenvalue weighted by atomic mass is 10.0. The zero-order valence-corrected chi connectivity index (χ0v) is 7.84. The highest BCUT2D eigenvalue weighted by molar-refractivity contribution is 4.96. The van der Waals surface area contributed by atoms with Crippen molar-refractivity contribution in [1.29, 1.82) is 0 Å². The summed E-state index contributed by atoms with van der Waals surface area (Å²) >= 11 is 0. The van der Waals surface area contributed by atoms with Crippen molar-refractivity contribution < 1.29 is 0 Å². The van der Waals surface area contributed by atoms with Gasteiger partial charge in [0, 0.05) is 0 Å². The summed E-state index contributed by atoms with van der Waals surface area (Å²) < 4.78 is 0. The average Bonchev–Trinajstić information content (AvgIpc) is 2.79. The van der Waals surface area contributed by atoms with Gasteiger partial charge in [-0.25, -0.2) is 0 Å². The summed E-state index contributed by atoms with van der Waals surface area (Å²) in [4.78, 5) is 0. The van der Waals surface area contributed by atoms with E-state index in [4.69, 9.17) is 0 Å². The SMILES string of the molecule is CCC(C)CC1CC1C1CC1. The first kappa shape index (κ1) is 7.64. The molecule has 0 heteroatoms. The molecule has 3 unspecified atom stereocenters. The number of rotatable bonds is 4. The summed E-state index contributed by atoms with van der Waals surface area (Å²) in [6.45, 7) is 4.72. The van der Waals surface area contributed by atoms with Crippen LogP contribution in [0.15, 0.2) is 0 Å². The van der Waals surface area contributed by atoms with Gasteiger partial charge in [0.2, 0.25) is 0 Å². The van der Waals surface area contributed by atoms with Crippen molar-refractivity contribution in [3.05, 3.63) is 0 Å². The molecule has 0 N–H and O–H groups in total. The molecule has 64 valence electrons. The highest BCUT2D eigenvalue weighted by Gasteiger charge is 2.46. The summed E-state index contributed by atoms with van der Waals surface area (Å²) in [5.74, 6) is 4.51. The molecule has 11 heavy (non-hydrogen) atoms. The van der Waals surface area contributed by atoms with E-state index in [-0.39, 0.29) is 0 Å². The Balaban J connectivity index is 1.66. The zero-order chi connectivity index (χ0) is 7.84. The first-order valence-electron chi connectivity index (χ1n) is 5.31. The molecule has 2 aliphatic carbocycles. The van der Waals surface area contributed by atoms with E-state index < -0.39 is 0 Å². The van der Waals surface area contributed by atoms with Crippen LogP contribution in [0.2, 0.25) is 0 Å². The second kappa shape index (κ2) is 2.80. The Bertz CT molecular complexity index is 135. The molecule has 0 saturated heterocycles. The third-order valence-electron chi connectivity index (χ3n) is 3.61. The first-order chi connectivity index (χ1) is 5.31. The van der Waals surface area contributed by atoms with E-state index in [0.29, 0.717) is 0 Å². The van der Waals surface area contributed by atoms with Gasteiger partial charge in [0.05, 0.1) is 0 Å². The summed E-state index contributed by atoms with van der Waals surface area (Å²) in [6.07, 6.45) is 7.60. The molecule has 3 atom stereocenters. The Kier molecular flexibility index (Phi) is 1.95. The Labute approximate surface area is 70.4 Å². The van der Waals surface area contributed by atoms with Crippen LogP contribution in [0.3, 0.4) is 0 Å². The number of hydrogen-bond donors (Lipinski definition) is 0. The molecule has 0 aromatic heterocycles. The molecule has 0 aromatic rings. The Morgan fingerprint density at radius 3 is 2.64 bits per heavy atom. The van der Waals surface area contributed by atoms with Crippen LogP contribution in [0.25, 0.3) is 0 Å². The smallest absolute Gasteiger partial charge is 0.0354 e. The van der Waals surface area contributed by atoms with Gasteiger partial charge < -0.3 is 0 Å². The molecule has 0 spiro atoms. The molecular weight excluding hydrogens is 132 g/mol. The fourth-order valence-corrected chi connectivity index (χ4v) is 2.33. The first-order valence-corrected chi connectivity index (χ1v) is 5.31. The van der Waals surface area contributed by atoms with Gasteiger partial charge in [-0.3, -0.25) is 0 Å². The lowest BCUT2D eigenvalue weighted by Gasteiger charge is -2.06. The summed E-state index contributed by atoms with van der Waals surface area (Å²) in [5.41, 5.74) is 0. The third-order valence-corrected chi connectivity index (χ3v) is 3.61. The predicted molar refractivity (Wildman–Crippen MR) is 48.4 cm³/mol. The van der Waals surface area contributed by atoms with Crippen LogP contribution in [-0.4, -0.2) is 0 Å². The van der Waals surface area contributed by atoms with Crippen LogP contribution in [-0.2, 0) is 0 Å². The molecule has 0 aliphatic heterocycles. The normalized spacial score (nSPS) is 38.7. The minimum absolute atomic E-state index is 0.990. The standard InChI is InChI=1S/C11H20/c1-3-8(2)6-10-7-11(10)9-4-5-9/h8-11H,3-7H2,1-2H3. The third kappa shape index (κ3) is 1.77. The Hall–Kier alpha value is 0. The lowest BCUT2D eigenvalue weighted by molar-refractivity contribution is 0.453. The minimum atomic E-state index is 0.990. The van der Waals surface area contributed by atoms with Crippen molar-refractivity contribution in [2.24, 2.45) is 23.7 Å². The molecule has 0 bridgehead atoms. The Morgan fingerprint density at radius 1 is 1.36 bits per heavy atom. The number of hydrogen-bond acceptors (Lipinski definition) is 0. The molecule has 0 heterocycles. The van der Waals surface area contributed by atoms with Gasteiger partial charge in [0.25, 0.3) is 0 Å². The van der Waals surface area contributed by atoms with Crippen molar-refractivity contribution in [2.75, 3.05) is 0 Å². The highest BCUT2D eigenvalue weighted by atomic mass is 14.5. The molecule has 0 nitrogen and oxygen atoms in total. The Morgan fingerprint density at radius 2 is 2.09 bits per heavy atom. The maximum atomic E-state index is 2.41. The molecule has 2 rings (SSSR count). The molecular formula is C11H20. The maximum Gasteiger partial charge on any atom is -0.0354 e. The van der Waals surface area contributed by atoms with Crippen LogP contribution >= 0.6 is 0 Å². The topological polar surface area (TPSA) is 0 Å². The monoisotopic (exact) mass is 152 g/mol. The quantitative estimate of drug-likeness (QED) is 0.578. The fraction of sp³-hybridized carbons (Fsp3) is 1.00. The summed E-state index contributed by atoms with van der Waals surface area (Å²) in [5, 5.41) is 0. The van der Waals surface area contributed by atoms with Crippen molar-refractivity contribution in [3.8, 4) is 0 Å². The van der Waals surface area contributed by atoms with E-state index in [1.165, 1.54) is 24.7 Å². The van der Waals surface area contributed by atoms with Crippen LogP contribution in [0, 0.1) is 23.7 Å². The second-order valence-electron chi connectivity index (χ2n) is 4.75. The van der Waals surface area contributed by atoms with E-state index in [1.54, 1.807) is 19.3 Å². The lowest BCUT2D eigenvalue weighted by Crippen LogP contribution is -1.95. The van der Waals surface area contributed by atoms with Gasteiger partial charge in [-0.2, -0.15) is 0 Å². The zero-order valence-electron chi connectivity index (χ0n) is 7.84. The highest BCUT2D eigenvalue weighted by Crippen LogP contribution is 2.56. The molecule has 0 radical (unpaired) electrons. The van der Waals surface area contributed by atoms with Gasteiger partial charge in [0.1, 0.15) is 0 Å². The fourth-order valence-electron chi connectivity index (χ4n) is 2.33. The molecule has 2 saturated carbocycles. The second-order valence-corrected chi connectivity index (χ2v) is 4.75.